The standard InChI is InChI=1S/C19H31N5O2S/c1-14-17(27-15(2)22-14)4-7-21-19(20-3)24-8-5-16(6-9-24)18(25)23-10-12-26-13-11-23/h16H,4-13H2,1-3H3,(H,20,21). The molecule has 0 atom stereocenters. The van der Waals surface area contributed by atoms with Crippen LogP contribution in [0.3, 0.4) is 0 Å². The Kier molecular flexibility index (Phi) is 7.07. The molecule has 0 aromatic carbocycles. The Morgan fingerprint density at radius 2 is 1.93 bits per heavy atom. The summed E-state index contributed by atoms with van der Waals surface area (Å²) in [6.07, 6.45) is 2.75. The van der Waals surface area contributed by atoms with Gasteiger partial charge in [-0.2, -0.15) is 0 Å². The second-order valence-electron chi connectivity index (χ2n) is 7.16. The first-order valence-corrected chi connectivity index (χ1v) is 10.6. The predicted octanol–water partition coefficient (Wildman–Crippen LogP) is 1.45. The minimum atomic E-state index is 0.139. The molecule has 2 fully saturated rings. The van der Waals surface area contributed by atoms with Gasteiger partial charge in [0.1, 0.15) is 0 Å². The summed E-state index contributed by atoms with van der Waals surface area (Å²) in [4.78, 5) is 27.2. The number of carbonyl (C=O) groups is 1. The Morgan fingerprint density at radius 1 is 1.22 bits per heavy atom. The smallest absolute Gasteiger partial charge is 0.225 e. The van der Waals surface area contributed by atoms with E-state index in [2.05, 4.69) is 34.0 Å². The molecule has 3 rings (SSSR count). The van der Waals surface area contributed by atoms with Crippen molar-refractivity contribution >= 4 is 23.2 Å². The van der Waals surface area contributed by atoms with Gasteiger partial charge >= 0.3 is 0 Å². The average molecular weight is 394 g/mol. The quantitative estimate of drug-likeness (QED) is 0.619. The van der Waals surface area contributed by atoms with Crippen molar-refractivity contribution in [2.45, 2.75) is 33.1 Å². The van der Waals surface area contributed by atoms with Crippen LogP contribution < -0.4 is 5.32 Å². The van der Waals surface area contributed by atoms with E-state index < -0.39 is 0 Å². The lowest BCUT2D eigenvalue weighted by Crippen LogP contribution is -2.50. The monoisotopic (exact) mass is 393 g/mol. The van der Waals surface area contributed by atoms with Gasteiger partial charge in [-0.05, 0) is 26.7 Å². The van der Waals surface area contributed by atoms with Gasteiger partial charge < -0.3 is 19.9 Å². The van der Waals surface area contributed by atoms with Gasteiger partial charge in [0.2, 0.25) is 5.91 Å². The molecule has 150 valence electrons. The molecule has 27 heavy (non-hydrogen) atoms. The van der Waals surface area contributed by atoms with Crippen molar-refractivity contribution in [1.29, 1.82) is 0 Å². The topological polar surface area (TPSA) is 70.1 Å². The molecule has 3 heterocycles. The number of nitrogens with zero attached hydrogens (tertiary/aromatic N) is 4. The van der Waals surface area contributed by atoms with E-state index in [1.165, 1.54) is 4.88 Å². The maximum Gasteiger partial charge on any atom is 0.225 e. The normalized spacial score (nSPS) is 19.4. The van der Waals surface area contributed by atoms with Crippen molar-refractivity contribution < 1.29 is 9.53 Å². The minimum absolute atomic E-state index is 0.139. The number of rotatable bonds is 4. The molecule has 0 aliphatic carbocycles. The summed E-state index contributed by atoms with van der Waals surface area (Å²) in [5.41, 5.74) is 1.14. The number of nitrogens with one attached hydrogen (secondary N) is 1. The van der Waals surface area contributed by atoms with Gasteiger partial charge in [-0.3, -0.25) is 9.79 Å². The number of thiazole rings is 1. The highest BCUT2D eigenvalue weighted by atomic mass is 32.1. The fraction of sp³-hybridized carbons (Fsp3) is 0.737. The predicted molar refractivity (Wildman–Crippen MR) is 108 cm³/mol. The first-order valence-electron chi connectivity index (χ1n) is 9.83. The zero-order valence-corrected chi connectivity index (χ0v) is 17.5. The average Bonchev–Trinajstić information content (AvgIpc) is 3.02. The van der Waals surface area contributed by atoms with E-state index >= 15 is 0 Å². The summed E-state index contributed by atoms with van der Waals surface area (Å²) in [5.74, 6) is 1.38. The van der Waals surface area contributed by atoms with Crippen LogP contribution in [0.15, 0.2) is 4.99 Å². The third kappa shape index (κ3) is 5.19. The number of hydrogen-bond acceptors (Lipinski definition) is 5. The molecular formula is C19H31N5O2S. The zero-order valence-electron chi connectivity index (χ0n) is 16.7. The molecule has 0 bridgehead atoms. The number of aliphatic imine (C=N–C) groups is 1. The Hall–Kier alpha value is -1.67. The molecule has 0 saturated carbocycles. The van der Waals surface area contributed by atoms with Crippen LogP contribution in [-0.2, 0) is 16.0 Å². The second kappa shape index (κ2) is 9.50. The van der Waals surface area contributed by atoms with E-state index in [1.54, 1.807) is 11.3 Å². The number of aryl methyl sites for hydroxylation is 2. The molecule has 2 aliphatic heterocycles. The first kappa shape index (κ1) is 20.1. The van der Waals surface area contributed by atoms with Gasteiger partial charge in [0, 0.05) is 57.0 Å². The van der Waals surface area contributed by atoms with Crippen molar-refractivity contribution in [3.63, 3.8) is 0 Å². The van der Waals surface area contributed by atoms with Crippen LogP contribution in [0.2, 0.25) is 0 Å². The minimum Gasteiger partial charge on any atom is -0.378 e. The van der Waals surface area contributed by atoms with Crippen molar-refractivity contribution in [2.24, 2.45) is 10.9 Å². The maximum absolute atomic E-state index is 12.7. The van der Waals surface area contributed by atoms with Gasteiger partial charge in [0.05, 0.1) is 23.9 Å². The Labute approximate surface area is 165 Å². The second-order valence-corrected chi connectivity index (χ2v) is 8.45. The Bertz CT molecular complexity index is 661. The van der Waals surface area contributed by atoms with E-state index in [-0.39, 0.29) is 5.92 Å². The summed E-state index contributed by atoms with van der Waals surface area (Å²) >= 11 is 1.77. The summed E-state index contributed by atoms with van der Waals surface area (Å²) in [5, 5.41) is 4.60. The van der Waals surface area contributed by atoms with E-state index in [0.717, 1.165) is 68.6 Å². The Balaban J connectivity index is 1.44. The van der Waals surface area contributed by atoms with E-state index in [9.17, 15) is 4.79 Å². The highest BCUT2D eigenvalue weighted by Gasteiger charge is 2.30. The first-order chi connectivity index (χ1) is 13.1. The van der Waals surface area contributed by atoms with Crippen molar-refractivity contribution in [1.82, 2.24) is 20.1 Å². The summed E-state index contributed by atoms with van der Waals surface area (Å²) in [6, 6.07) is 0. The lowest BCUT2D eigenvalue weighted by molar-refractivity contribution is -0.140. The van der Waals surface area contributed by atoms with Gasteiger partial charge in [-0.1, -0.05) is 0 Å². The number of carbonyl (C=O) groups excluding carboxylic acids is 1. The highest BCUT2D eigenvalue weighted by molar-refractivity contribution is 7.11. The number of ether oxygens (including phenoxy) is 1. The van der Waals surface area contributed by atoms with Crippen LogP contribution in [-0.4, -0.2) is 79.6 Å². The molecule has 0 radical (unpaired) electrons. The summed E-state index contributed by atoms with van der Waals surface area (Å²) in [7, 11) is 1.83. The number of likely N-dealkylation sites (tertiary alicyclic amines) is 1. The van der Waals surface area contributed by atoms with Crippen LogP contribution in [0.4, 0.5) is 0 Å². The maximum atomic E-state index is 12.7. The molecule has 0 spiro atoms. The van der Waals surface area contributed by atoms with E-state index in [1.807, 2.05) is 11.9 Å². The molecular weight excluding hydrogens is 362 g/mol. The number of piperidine rings is 1. The number of guanidine groups is 1. The number of aromatic nitrogens is 1. The third-order valence-corrected chi connectivity index (χ3v) is 6.45. The molecule has 7 nitrogen and oxygen atoms in total. The van der Waals surface area contributed by atoms with Gasteiger partial charge in [-0.15, -0.1) is 11.3 Å². The van der Waals surface area contributed by atoms with Gasteiger partial charge in [-0.25, -0.2) is 4.98 Å². The molecule has 2 aliphatic rings. The molecule has 1 aromatic rings. The summed E-state index contributed by atoms with van der Waals surface area (Å²) < 4.78 is 5.35. The molecule has 1 N–H and O–H groups in total. The van der Waals surface area contributed by atoms with Crippen molar-refractivity contribution in [3.8, 4) is 0 Å². The number of morpholine rings is 1. The highest BCUT2D eigenvalue weighted by Crippen LogP contribution is 2.21. The van der Waals surface area contributed by atoms with E-state index in [0.29, 0.717) is 19.1 Å². The fourth-order valence-corrected chi connectivity index (χ4v) is 4.74. The number of amides is 1. The fourth-order valence-electron chi connectivity index (χ4n) is 3.81. The van der Waals surface area contributed by atoms with Crippen LogP contribution in [0, 0.1) is 19.8 Å². The molecule has 1 aromatic heterocycles. The van der Waals surface area contributed by atoms with Crippen LogP contribution in [0.1, 0.15) is 28.4 Å². The largest absolute Gasteiger partial charge is 0.378 e. The SMILES string of the molecule is CN=C(NCCc1sc(C)nc1C)N1CCC(C(=O)N2CCOCC2)CC1. The van der Waals surface area contributed by atoms with E-state index in [4.69, 9.17) is 4.74 Å². The van der Waals surface area contributed by atoms with Crippen LogP contribution in [0.5, 0.6) is 0 Å². The molecule has 8 heteroatoms. The van der Waals surface area contributed by atoms with Crippen LogP contribution in [0.25, 0.3) is 0 Å². The van der Waals surface area contributed by atoms with Gasteiger partial charge in [0.25, 0.3) is 0 Å². The number of hydrogen-bond donors (Lipinski definition) is 1. The lowest BCUT2D eigenvalue weighted by atomic mass is 9.95. The molecule has 1 amide bonds. The zero-order chi connectivity index (χ0) is 19.2. The molecule has 0 unspecified atom stereocenters. The van der Waals surface area contributed by atoms with Gasteiger partial charge in [0.15, 0.2) is 5.96 Å². The lowest BCUT2D eigenvalue weighted by Gasteiger charge is -2.36. The van der Waals surface area contributed by atoms with Crippen LogP contribution >= 0.6 is 11.3 Å². The van der Waals surface area contributed by atoms with Crippen molar-refractivity contribution in [2.75, 3.05) is 53.0 Å². The summed E-state index contributed by atoms with van der Waals surface area (Å²) in [6.45, 7) is 9.52. The third-order valence-electron chi connectivity index (χ3n) is 5.31. The van der Waals surface area contributed by atoms with Crippen molar-refractivity contribution in [3.05, 3.63) is 15.6 Å². The molecule has 2 saturated heterocycles. The Morgan fingerprint density at radius 3 is 2.52 bits per heavy atom.